The number of hydrogen-bond acceptors (Lipinski definition) is 3. The van der Waals surface area contributed by atoms with Crippen LogP contribution in [0.4, 0.5) is 0 Å². The molecule has 0 aromatic carbocycles. The lowest BCUT2D eigenvalue weighted by molar-refractivity contribution is -0.122. The van der Waals surface area contributed by atoms with E-state index in [-0.39, 0.29) is 29.1 Å². The second kappa shape index (κ2) is 8.22. The number of carbonyl (C=O) groups is 1. The van der Waals surface area contributed by atoms with Gasteiger partial charge in [0.2, 0.25) is 5.91 Å². The van der Waals surface area contributed by atoms with Gasteiger partial charge in [0, 0.05) is 11.3 Å². The fraction of sp³-hybridized carbons (Fsp3) is 0.917. The number of nitrogens with one attached hydrogen (secondary N) is 2. The van der Waals surface area contributed by atoms with E-state index < -0.39 is 0 Å². The molecule has 0 radical (unpaired) electrons. The molecule has 0 saturated carbocycles. The van der Waals surface area contributed by atoms with Gasteiger partial charge in [-0.1, -0.05) is 13.8 Å². The van der Waals surface area contributed by atoms with Crippen LogP contribution in [0.5, 0.6) is 0 Å². The van der Waals surface area contributed by atoms with E-state index in [2.05, 4.69) is 30.7 Å². The molecule has 17 heavy (non-hydrogen) atoms. The van der Waals surface area contributed by atoms with E-state index in [1.807, 2.05) is 11.8 Å². The van der Waals surface area contributed by atoms with Crippen LogP contribution in [0.25, 0.3) is 0 Å². The summed E-state index contributed by atoms with van der Waals surface area (Å²) in [4.78, 5) is 11.9. The highest BCUT2D eigenvalue weighted by Gasteiger charge is 2.28. The van der Waals surface area contributed by atoms with Crippen molar-refractivity contribution in [3.05, 3.63) is 0 Å². The molecular weight excluding hydrogens is 256 g/mol. The smallest absolute Gasteiger partial charge is 0.237 e. The fourth-order valence-electron chi connectivity index (χ4n) is 2.14. The van der Waals surface area contributed by atoms with E-state index in [0.29, 0.717) is 0 Å². The van der Waals surface area contributed by atoms with Crippen LogP contribution in [0.3, 0.4) is 0 Å². The minimum atomic E-state index is 0. The highest BCUT2D eigenvalue weighted by molar-refractivity contribution is 8.00. The Kier molecular flexibility index (Phi) is 8.25. The largest absolute Gasteiger partial charge is 0.353 e. The first-order chi connectivity index (χ1) is 7.67. The molecule has 1 rings (SSSR count). The summed E-state index contributed by atoms with van der Waals surface area (Å²) in [5.41, 5.74) is 0. The summed E-state index contributed by atoms with van der Waals surface area (Å²) in [6, 6.07) is 0.0493. The summed E-state index contributed by atoms with van der Waals surface area (Å²) in [6.07, 6.45) is 6.43. The van der Waals surface area contributed by atoms with Crippen molar-refractivity contribution in [2.24, 2.45) is 0 Å². The Hall–Kier alpha value is 0.0700. The van der Waals surface area contributed by atoms with E-state index in [1.54, 1.807) is 0 Å². The van der Waals surface area contributed by atoms with Crippen LogP contribution >= 0.6 is 24.2 Å². The molecule has 1 aliphatic rings. The Bertz CT molecular complexity index is 220. The van der Waals surface area contributed by atoms with Crippen LogP contribution < -0.4 is 10.6 Å². The van der Waals surface area contributed by atoms with Crippen molar-refractivity contribution in [1.82, 2.24) is 10.6 Å². The lowest BCUT2D eigenvalue weighted by Gasteiger charge is -2.30. The van der Waals surface area contributed by atoms with Crippen molar-refractivity contribution in [2.75, 3.05) is 19.3 Å². The fourth-order valence-corrected chi connectivity index (χ4v) is 2.93. The molecule has 1 fully saturated rings. The van der Waals surface area contributed by atoms with Crippen molar-refractivity contribution in [2.45, 2.75) is 50.3 Å². The van der Waals surface area contributed by atoms with Gasteiger partial charge in [-0.15, -0.1) is 12.4 Å². The molecule has 1 heterocycles. The van der Waals surface area contributed by atoms with Crippen LogP contribution in [0.2, 0.25) is 0 Å². The SMILES string of the molecule is CCC(CC)(CNC(=O)C1CCCN1)SC.Cl. The van der Waals surface area contributed by atoms with E-state index in [0.717, 1.165) is 38.8 Å². The maximum Gasteiger partial charge on any atom is 0.237 e. The first-order valence-corrected chi connectivity index (χ1v) is 7.46. The molecule has 1 amide bonds. The van der Waals surface area contributed by atoms with Crippen LogP contribution in [0, 0.1) is 0 Å². The van der Waals surface area contributed by atoms with Gasteiger partial charge < -0.3 is 10.6 Å². The summed E-state index contributed by atoms with van der Waals surface area (Å²) in [5.74, 6) is 0.179. The number of thioether (sulfide) groups is 1. The highest BCUT2D eigenvalue weighted by Crippen LogP contribution is 2.29. The summed E-state index contributed by atoms with van der Waals surface area (Å²) >= 11 is 1.87. The highest BCUT2D eigenvalue weighted by atomic mass is 35.5. The molecule has 0 bridgehead atoms. The second-order valence-electron chi connectivity index (χ2n) is 4.46. The molecule has 5 heteroatoms. The molecule has 0 aliphatic carbocycles. The standard InChI is InChI=1S/C12H24N2OS.ClH/c1-4-12(5-2,16-3)9-14-11(15)10-7-6-8-13-10;/h10,13H,4-9H2,1-3H3,(H,14,15);1H. The molecule has 1 unspecified atom stereocenters. The average molecular weight is 281 g/mol. The summed E-state index contributed by atoms with van der Waals surface area (Å²) in [6.45, 7) is 6.16. The lowest BCUT2D eigenvalue weighted by Crippen LogP contribution is -2.46. The van der Waals surface area contributed by atoms with Gasteiger partial charge in [-0.05, 0) is 38.5 Å². The monoisotopic (exact) mass is 280 g/mol. The predicted molar refractivity (Wildman–Crippen MR) is 78.1 cm³/mol. The third kappa shape index (κ3) is 4.68. The van der Waals surface area contributed by atoms with Gasteiger partial charge in [0.15, 0.2) is 0 Å². The molecule has 1 atom stereocenters. The van der Waals surface area contributed by atoms with Crippen molar-refractivity contribution in [3.63, 3.8) is 0 Å². The van der Waals surface area contributed by atoms with Gasteiger partial charge in [0.1, 0.15) is 0 Å². The Morgan fingerprint density at radius 3 is 2.53 bits per heavy atom. The van der Waals surface area contributed by atoms with Gasteiger partial charge in [-0.2, -0.15) is 11.8 Å². The van der Waals surface area contributed by atoms with Crippen LogP contribution in [0.15, 0.2) is 0 Å². The molecule has 102 valence electrons. The molecule has 2 N–H and O–H groups in total. The number of halogens is 1. The molecular formula is C12H25ClN2OS. The molecule has 0 aromatic rings. The van der Waals surface area contributed by atoms with E-state index in [4.69, 9.17) is 0 Å². The van der Waals surface area contributed by atoms with Gasteiger partial charge in [0.05, 0.1) is 6.04 Å². The first kappa shape index (κ1) is 17.1. The van der Waals surface area contributed by atoms with Crippen molar-refractivity contribution >= 4 is 30.1 Å². The minimum absolute atomic E-state index is 0. The lowest BCUT2D eigenvalue weighted by atomic mass is 10.0. The number of rotatable bonds is 6. The van der Waals surface area contributed by atoms with Crippen LogP contribution in [-0.4, -0.2) is 36.0 Å². The van der Waals surface area contributed by atoms with E-state index in [9.17, 15) is 4.79 Å². The predicted octanol–water partition coefficient (Wildman–Crippen LogP) is 2.20. The van der Waals surface area contributed by atoms with Crippen LogP contribution in [-0.2, 0) is 4.79 Å². The number of amides is 1. The third-order valence-electron chi connectivity index (χ3n) is 3.68. The van der Waals surface area contributed by atoms with Gasteiger partial charge >= 0.3 is 0 Å². The molecule has 1 aliphatic heterocycles. The summed E-state index contributed by atoms with van der Waals surface area (Å²) in [7, 11) is 0. The normalized spacial score (nSPS) is 19.8. The zero-order valence-electron chi connectivity index (χ0n) is 11.0. The average Bonchev–Trinajstić information content (AvgIpc) is 2.85. The van der Waals surface area contributed by atoms with Crippen molar-refractivity contribution < 1.29 is 4.79 Å². The summed E-state index contributed by atoms with van der Waals surface area (Å²) < 4.78 is 0.217. The summed E-state index contributed by atoms with van der Waals surface area (Å²) in [5, 5.41) is 6.32. The number of hydrogen-bond donors (Lipinski definition) is 2. The molecule has 1 saturated heterocycles. The number of carbonyl (C=O) groups excluding carboxylic acids is 1. The third-order valence-corrected chi connectivity index (χ3v) is 5.27. The molecule has 0 aromatic heterocycles. The van der Waals surface area contributed by atoms with Crippen molar-refractivity contribution in [1.29, 1.82) is 0 Å². The minimum Gasteiger partial charge on any atom is -0.353 e. The zero-order valence-corrected chi connectivity index (χ0v) is 12.7. The van der Waals surface area contributed by atoms with Crippen molar-refractivity contribution in [3.8, 4) is 0 Å². The van der Waals surface area contributed by atoms with Gasteiger partial charge in [-0.25, -0.2) is 0 Å². The molecule has 0 spiro atoms. The topological polar surface area (TPSA) is 41.1 Å². The first-order valence-electron chi connectivity index (χ1n) is 6.23. The zero-order chi connectivity index (χ0) is 12.0. The Morgan fingerprint density at radius 2 is 2.12 bits per heavy atom. The van der Waals surface area contributed by atoms with Gasteiger partial charge in [-0.3, -0.25) is 4.79 Å². The Labute approximate surface area is 115 Å². The van der Waals surface area contributed by atoms with Crippen LogP contribution in [0.1, 0.15) is 39.5 Å². The Morgan fingerprint density at radius 1 is 1.47 bits per heavy atom. The second-order valence-corrected chi connectivity index (χ2v) is 5.74. The molecule has 3 nitrogen and oxygen atoms in total. The van der Waals surface area contributed by atoms with E-state index >= 15 is 0 Å². The maximum absolute atomic E-state index is 11.9. The maximum atomic E-state index is 11.9. The Balaban J connectivity index is 0.00000256. The quantitative estimate of drug-likeness (QED) is 0.784. The van der Waals surface area contributed by atoms with Gasteiger partial charge in [0.25, 0.3) is 0 Å². The van der Waals surface area contributed by atoms with E-state index in [1.165, 1.54) is 0 Å².